The predicted octanol–water partition coefficient (Wildman–Crippen LogP) is 2.50. The molecule has 0 aliphatic heterocycles. The second-order valence-corrected chi connectivity index (χ2v) is 6.33. The summed E-state index contributed by atoms with van der Waals surface area (Å²) in [5, 5.41) is 2.69. The van der Waals surface area contributed by atoms with Crippen molar-refractivity contribution in [3.8, 4) is 0 Å². The summed E-state index contributed by atoms with van der Waals surface area (Å²) in [4.78, 5) is 42.9. The maximum Gasteiger partial charge on any atom is 0.286 e. The van der Waals surface area contributed by atoms with E-state index in [0.29, 0.717) is 16.9 Å². The lowest BCUT2D eigenvalue weighted by atomic mass is 10.2. The number of halogens is 1. The number of benzene rings is 1. The molecule has 3 amide bonds. The molecular weight excluding hydrogens is 414 g/mol. The number of amides is 3. The van der Waals surface area contributed by atoms with Gasteiger partial charge in [0.25, 0.3) is 17.7 Å². The molecule has 2 heterocycles. The number of anilines is 1. The van der Waals surface area contributed by atoms with Crippen molar-refractivity contribution < 1.29 is 14.4 Å². The van der Waals surface area contributed by atoms with Gasteiger partial charge in [0, 0.05) is 34.3 Å². The molecular formula is C18H14BrN5O3. The zero-order valence-electron chi connectivity index (χ0n) is 13.8. The molecule has 0 saturated heterocycles. The second kappa shape index (κ2) is 8.28. The van der Waals surface area contributed by atoms with Crippen LogP contribution in [-0.4, -0.2) is 27.7 Å². The van der Waals surface area contributed by atoms with Crippen LogP contribution in [0.25, 0.3) is 0 Å². The average molecular weight is 428 g/mol. The molecule has 136 valence electrons. The molecule has 9 heteroatoms. The van der Waals surface area contributed by atoms with Gasteiger partial charge in [0.15, 0.2) is 0 Å². The second-order valence-electron chi connectivity index (χ2n) is 5.42. The lowest BCUT2D eigenvalue weighted by Crippen LogP contribution is -2.41. The molecule has 0 aliphatic rings. The molecule has 0 aliphatic carbocycles. The van der Waals surface area contributed by atoms with Gasteiger partial charge >= 0.3 is 0 Å². The molecule has 1 aromatic carbocycles. The fraction of sp³-hybridized carbons (Fsp3) is 0. The Morgan fingerprint density at radius 3 is 2.41 bits per heavy atom. The van der Waals surface area contributed by atoms with E-state index in [4.69, 9.17) is 0 Å². The number of hydrogen-bond donors (Lipinski definition) is 4. The number of nitrogens with zero attached hydrogens (tertiary/aromatic N) is 1. The number of nitrogens with one attached hydrogen (secondary N) is 4. The zero-order chi connectivity index (χ0) is 19.2. The van der Waals surface area contributed by atoms with E-state index in [2.05, 4.69) is 42.1 Å². The van der Waals surface area contributed by atoms with Crippen LogP contribution in [0.2, 0.25) is 0 Å². The third kappa shape index (κ3) is 4.79. The van der Waals surface area contributed by atoms with Crippen molar-refractivity contribution >= 4 is 39.3 Å². The first-order valence-electron chi connectivity index (χ1n) is 7.79. The minimum Gasteiger partial charge on any atom is -0.356 e. The van der Waals surface area contributed by atoms with Gasteiger partial charge in [0.1, 0.15) is 5.69 Å². The Morgan fingerprint density at radius 1 is 0.926 bits per heavy atom. The Morgan fingerprint density at radius 2 is 1.70 bits per heavy atom. The zero-order valence-corrected chi connectivity index (χ0v) is 15.4. The van der Waals surface area contributed by atoms with Crippen LogP contribution in [0.5, 0.6) is 0 Å². The summed E-state index contributed by atoms with van der Waals surface area (Å²) in [6.45, 7) is 0. The highest BCUT2D eigenvalue weighted by Crippen LogP contribution is 2.12. The van der Waals surface area contributed by atoms with E-state index in [-0.39, 0.29) is 11.5 Å². The highest BCUT2D eigenvalue weighted by atomic mass is 79.9. The molecule has 0 fully saturated rings. The van der Waals surface area contributed by atoms with E-state index in [1.807, 2.05) is 0 Å². The monoisotopic (exact) mass is 427 g/mol. The van der Waals surface area contributed by atoms with Crippen molar-refractivity contribution in [2.45, 2.75) is 0 Å². The van der Waals surface area contributed by atoms with Gasteiger partial charge in [-0.15, -0.1) is 0 Å². The summed E-state index contributed by atoms with van der Waals surface area (Å²) in [5.41, 5.74) is 6.03. The summed E-state index contributed by atoms with van der Waals surface area (Å²) < 4.78 is 0.719. The molecule has 0 spiro atoms. The summed E-state index contributed by atoms with van der Waals surface area (Å²) in [6.07, 6.45) is 4.62. The van der Waals surface area contributed by atoms with Crippen LogP contribution in [0, 0.1) is 0 Å². The molecule has 3 aromatic rings. The topological polar surface area (TPSA) is 116 Å². The Labute approximate surface area is 162 Å². The number of carbonyl (C=O) groups excluding carboxylic acids is 3. The quantitative estimate of drug-likeness (QED) is 0.478. The van der Waals surface area contributed by atoms with Gasteiger partial charge in [0.05, 0.1) is 5.56 Å². The minimum absolute atomic E-state index is 0.270. The number of hydrazine groups is 1. The predicted molar refractivity (Wildman–Crippen MR) is 102 cm³/mol. The first-order valence-corrected chi connectivity index (χ1v) is 8.58. The van der Waals surface area contributed by atoms with E-state index >= 15 is 0 Å². The van der Waals surface area contributed by atoms with Crippen molar-refractivity contribution in [2.24, 2.45) is 0 Å². The van der Waals surface area contributed by atoms with Gasteiger partial charge in [-0.25, -0.2) is 0 Å². The standard InChI is InChI=1S/C18H14BrN5O3/c19-13-8-15(21-10-13)18(27)24-23-17(26)11-3-1-5-14(7-11)22-16(25)12-4-2-6-20-9-12/h1-10,21H,(H,22,25)(H,23,26)(H,24,27). The smallest absolute Gasteiger partial charge is 0.286 e. The van der Waals surface area contributed by atoms with Crippen LogP contribution < -0.4 is 16.2 Å². The van der Waals surface area contributed by atoms with E-state index in [1.165, 1.54) is 12.3 Å². The summed E-state index contributed by atoms with van der Waals surface area (Å²) >= 11 is 3.22. The Hall–Kier alpha value is -3.46. The van der Waals surface area contributed by atoms with E-state index in [9.17, 15) is 14.4 Å². The van der Waals surface area contributed by atoms with E-state index < -0.39 is 11.8 Å². The lowest BCUT2D eigenvalue weighted by molar-refractivity contribution is 0.0844. The summed E-state index contributed by atoms with van der Waals surface area (Å²) in [5.74, 6) is -1.35. The van der Waals surface area contributed by atoms with Crippen molar-refractivity contribution in [1.82, 2.24) is 20.8 Å². The van der Waals surface area contributed by atoms with Crippen LogP contribution in [0.1, 0.15) is 31.2 Å². The van der Waals surface area contributed by atoms with Crippen LogP contribution in [-0.2, 0) is 0 Å². The number of pyridine rings is 1. The van der Waals surface area contributed by atoms with Crippen molar-refractivity contribution in [3.05, 3.63) is 82.3 Å². The molecule has 8 nitrogen and oxygen atoms in total. The van der Waals surface area contributed by atoms with Crippen LogP contribution in [0.15, 0.2) is 65.5 Å². The van der Waals surface area contributed by atoms with Gasteiger partial charge in [-0.2, -0.15) is 0 Å². The highest BCUT2D eigenvalue weighted by molar-refractivity contribution is 9.10. The number of carbonyl (C=O) groups is 3. The van der Waals surface area contributed by atoms with Crippen LogP contribution >= 0.6 is 15.9 Å². The first-order chi connectivity index (χ1) is 13.0. The maximum absolute atomic E-state index is 12.2. The number of rotatable bonds is 4. The Kier molecular flexibility index (Phi) is 5.62. The van der Waals surface area contributed by atoms with E-state index in [1.54, 1.807) is 48.8 Å². The first kappa shape index (κ1) is 18.3. The normalized spacial score (nSPS) is 10.1. The Balaban J connectivity index is 1.61. The molecule has 0 atom stereocenters. The SMILES string of the molecule is O=C(NNC(=O)c1cc(Br)c[nH]1)c1cccc(NC(=O)c2cccnc2)c1. The van der Waals surface area contributed by atoms with Gasteiger partial charge in [-0.1, -0.05) is 6.07 Å². The van der Waals surface area contributed by atoms with Gasteiger partial charge in [-0.05, 0) is 52.3 Å². The summed E-state index contributed by atoms with van der Waals surface area (Å²) in [7, 11) is 0. The molecule has 3 rings (SSSR count). The average Bonchev–Trinajstić information content (AvgIpc) is 3.13. The maximum atomic E-state index is 12.2. The van der Waals surface area contributed by atoms with E-state index in [0.717, 1.165) is 4.47 Å². The van der Waals surface area contributed by atoms with Crippen LogP contribution in [0.4, 0.5) is 5.69 Å². The molecule has 4 N–H and O–H groups in total. The fourth-order valence-electron chi connectivity index (χ4n) is 2.19. The molecule has 0 saturated carbocycles. The highest BCUT2D eigenvalue weighted by Gasteiger charge is 2.12. The molecule has 0 bridgehead atoms. The molecule has 0 radical (unpaired) electrons. The largest absolute Gasteiger partial charge is 0.356 e. The number of hydrogen-bond acceptors (Lipinski definition) is 4. The number of aromatic nitrogens is 2. The van der Waals surface area contributed by atoms with Gasteiger partial charge in [-0.3, -0.25) is 30.2 Å². The summed E-state index contributed by atoms with van der Waals surface area (Å²) in [6, 6.07) is 11.2. The molecule has 0 unspecified atom stereocenters. The van der Waals surface area contributed by atoms with Crippen LogP contribution in [0.3, 0.4) is 0 Å². The van der Waals surface area contributed by atoms with Gasteiger partial charge in [0.2, 0.25) is 0 Å². The third-order valence-corrected chi connectivity index (χ3v) is 3.95. The number of H-pyrrole nitrogens is 1. The molecule has 27 heavy (non-hydrogen) atoms. The van der Waals surface area contributed by atoms with Crippen molar-refractivity contribution in [1.29, 1.82) is 0 Å². The number of aromatic amines is 1. The van der Waals surface area contributed by atoms with Gasteiger partial charge < -0.3 is 10.3 Å². The van der Waals surface area contributed by atoms with Crippen molar-refractivity contribution in [3.63, 3.8) is 0 Å². The third-order valence-electron chi connectivity index (χ3n) is 3.49. The fourth-order valence-corrected chi connectivity index (χ4v) is 2.53. The Bertz CT molecular complexity index is 987. The lowest BCUT2D eigenvalue weighted by Gasteiger charge is -2.09. The minimum atomic E-state index is -0.522. The van der Waals surface area contributed by atoms with Crippen molar-refractivity contribution in [2.75, 3.05) is 5.32 Å². The molecule has 2 aromatic heterocycles.